The number of likely N-dealkylation sites (N-methyl/N-ethyl adjacent to an activating group) is 1. The minimum atomic E-state index is -5.21. The van der Waals surface area contributed by atoms with Crippen LogP contribution >= 0.6 is 11.6 Å². The van der Waals surface area contributed by atoms with E-state index in [4.69, 9.17) is 16.3 Å². The molecule has 0 radical (unpaired) electrons. The van der Waals surface area contributed by atoms with Gasteiger partial charge in [-0.1, -0.05) is 23.7 Å². The number of amides is 2. The Morgan fingerprint density at radius 3 is 2.49 bits per heavy atom. The molecule has 5 rings (SSSR count). The van der Waals surface area contributed by atoms with Crippen molar-refractivity contribution < 1.29 is 32.6 Å². The fourth-order valence-corrected chi connectivity index (χ4v) is 6.28. The molecule has 41 heavy (non-hydrogen) atoms. The van der Waals surface area contributed by atoms with E-state index in [1.54, 1.807) is 6.07 Å². The van der Waals surface area contributed by atoms with Crippen LogP contribution in [0.1, 0.15) is 54.4 Å². The summed E-state index contributed by atoms with van der Waals surface area (Å²) in [6.45, 7) is 1.72. The van der Waals surface area contributed by atoms with Crippen LogP contribution in [-0.4, -0.2) is 67.8 Å². The van der Waals surface area contributed by atoms with Gasteiger partial charge in [-0.2, -0.15) is 13.2 Å². The lowest BCUT2D eigenvalue weighted by atomic mass is 9.89. The maximum atomic E-state index is 14.1. The molecule has 2 saturated carbocycles. The van der Waals surface area contributed by atoms with Crippen LogP contribution in [0.2, 0.25) is 5.02 Å². The number of piperidine rings is 1. The maximum absolute atomic E-state index is 14.1. The lowest BCUT2D eigenvalue weighted by Gasteiger charge is -2.35. The van der Waals surface area contributed by atoms with Gasteiger partial charge in [0.2, 0.25) is 0 Å². The average molecular weight is 594 g/mol. The van der Waals surface area contributed by atoms with Crippen molar-refractivity contribution in [1.29, 1.82) is 0 Å². The maximum Gasteiger partial charge on any atom is 0.430 e. The molecule has 2 amide bonds. The molecule has 2 aromatic rings. The normalized spacial score (nSPS) is 21.2. The zero-order valence-electron chi connectivity index (χ0n) is 23.1. The number of ether oxygens (including phenoxy) is 1. The topological polar surface area (TPSA) is 82.1 Å². The molecule has 1 saturated heterocycles. The third-order valence-corrected chi connectivity index (χ3v) is 9.27. The standard InChI is InChI=1S/C30H35ClF3N3O4/c1-36(27(39)29(40,30(32,33)34)19-4-3-5-23(16-19)41-2)13-10-20-18-28(20)11-14-37(15-12-28)22-8-9-24(25(31)17-22)26(38)35-21-6-7-21/h3-5,8-9,16-17,20-21,40H,6-7,10-15,18H2,1-2H3,(H,35,38)/t20?,29-/m1/s1. The second-order valence-corrected chi connectivity index (χ2v) is 12.0. The van der Waals surface area contributed by atoms with Crippen molar-refractivity contribution in [3.8, 4) is 5.75 Å². The molecule has 2 aliphatic carbocycles. The molecule has 1 unspecified atom stereocenters. The van der Waals surface area contributed by atoms with E-state index >= 15 is 0 Å². The molecule has 3 fully saturated rings. The number of hydrogen-bond donors (Lipinski definition) is 2. The molecule has 2 atom stereocenters. The van der Waals surface area contributed by atoms with Crippen LogP contribution in [0, 0.1) is 11.3 Å². The number of carbonyl (C=O) groups is 2. The van der Waals surface area contributed by atoms with Crippen LogP contribution in [0.15, 0.2) is 42.5 Å². The Kier molecular flexibility index (Phi) is 7.93. The third-order valence-electron chi connectivity index (χ3n) is 8.96. The molecule has 2 N–H and O–H groups in total. The number of nitrogens with zero attached hydrogens (tertiary/aromatic N) is 2. The van der Waals surface area contributed by atoms with Crippen molar-refractivity contribution in [2.45, 2.75) is 56.3 Å². The van der Waals surface area contributed by atoms with Crippen molar-refractivity contribution in [2.24, 2.45) is 11.3 Å². The van der Waals surface area contributed by atoms with E-state index in [2.05, 4.69) is 10.2 Å². The molecule has 222 valence electrons. The zero-order chi connectivity index (χ0) is 29.6. The van der Waals surface area contributed by atoms with Crippen LogP contribution in [0.3, 0.4) is 0 Å². The second-order valence-electron chi connectivity index (χ2n) is 11.6. The van der Waals surface area contributed by atoms with Gasteiger partial charge in [0, 0.05) is 44.0 Å². The fraction of sp³-hybridized carbons (Fsp3) is 0.533. The van der Waals surface area contributed by atoms with E-state index in [9.17, 15) is 27.9 Å². The summed E-state index contributed by atoms with van der Waals surface area (Å²) in [5.41, 5.74) is -2.70. The summed E-state index contributed by atoms with van der Waals surface area (Å²) in [6.07, 6.45) is 0.169. The van der Waals surface area contributed by atoms with Gasteiger partial charge in [-0.25, -0.2) is 0 Å². The Bertz CT molecular complexity index is 1310. The molecular formula is C30H35ClF3N3O4. The van der Waals surface area contributed by atoms with E-state index in [-0.39, 0.29) is 29.7 Å². The molecule has 11 heteroatoms. The Hall–Kier alpha value is -2.98. The molecule has 1 spiro atoms. The molecule has 1 aliphatic heterocycles. The number of aliphatic hydroxyl groups is 1. The largest absolute Gasteiger partial charge is 0.497 e. The SMILES string of the molecule is COc1cccc([C@@](O)(C(=O)N(C)CCC2CC23CCN(c2ccc(C(=O)NC4CC4)c(Cl)c2)CC3)C(F)(F)F)c1. The first-order chi connectivity index (χ1) is 19.4. The monoisotopic (exact) mass is 593 g/mol. The summed E-state index contributed by atoms with van der Waals surface area (Å²) in [4.78, 5) is 28.6. The van der Waals surface area contributed by atoms with Gasteiger partial charge < -0.3 is 25.0 Å². The molecule has 7 nitrogen and oxygen atoms in total. The number of carbonyl (C=O) groups excluding carboxylic acids is 2. The van der Waals surface area contributed by atoms with E-state index in [0.717, 1.165) is 67.9 Å². The van der Waals surface area contributed by atoms with Gasteiger partial charge in [0.15, 0.2) is 0 Å². The van der Waals surface area contributed by atoms with E-state index in [1.165, 1.54) is 26.3 Å². The van der Waals surface area contributed by atoms with Gasteiger partial charge >= 0.3 is 6.18 Å². The molecular weight excluding hydrogens is 559 g/mol. The Balaban J connectivity index is 1.16. The molecule has 0 aromatic heterocycles. The number of benzene rings is 2. The third kappa shape index (κ3) is 5.86. The van der Waals surface area contributed by atoms with Gasteiger partial charge in [0.1, 0.15) is 5.75 Å². The summed E-state index contributed by atoms with van der Waals surface area (Å²) in [6, 6.07) is 10.6. The van der Waals surface area contributed by atoms with Gasteiger partial charge in [0.25, 0.3) is 17.4 Å². The van der Waals surface area contributed by atoms with Crippen LogP contribution in [0.4, 0.5) is 18.9 Å². The molecule has 2 aromatic carbocycles. The molecule has 1 heterocycles. The number of rotatable bonds is 9. The van der Waals surface area contributed by atoms with Crippen LogP contribution < -0.4 is 15.0 Å². The van der Waals surface area contributed by atoms with Crippen LogP contribution in [0.25, 0.3) is 0 Å². The Morgan fingerprint density at radius 1 is 1.17 bits per heavy atom. The van der Waals surface area contributed by atoms with Gasteiger partial charge in [-0.05, 0) is 80.2 Å². The predicted molar refractivity (Wildman–Crippen MR) is 149 cm³/mol. The Labute approximate surface area is 242 Å². The van der Waals surface area contributed by atoms with E-state index in [0.29, 0.717) is 22.9 Å². The van der Waals surface area contributed by atoms with E-state index in [1.807, 2.05) is 12.1 Å². The van der Waals surface area contributed by atoms with Crippen molar-refractivity contribution >= 4 is 29.1 Å². The lowest BCUT2D eigenvalue weighted by molar-refractivity contribution is -0.261. The summed E-state index contributed by atoms with van der Waals surface area (Å²) >= 11 is 6.44. The fourth-order valence-electron chi connectivity index (χ4n) is 6.02. The van der Waals surface area contributed by atoms with Crippen molar-refractivity contribution in [3.05, 3.63) is 58.6 Å². The minimum absolute atomic E-state index is 0.108. The van der Waals surface area contributed by atoms with Crippen molar-refractivity contribution in [2.75, 3.05) is 38.7 Å². The second kappa shape index (κ2) is 11.0. The van der Waals surface area contributed by atoms with Crippen molar-refractivity contribution in [1.82, 2.24) is 10.2 Å². The van der Waals surface area contributed by atoms with Crippen molar-refractivity contribution in [3.63, 3.8) is 0 Å². The van der Waals surface area contributed by atoms with Crippen LogP contribution in [-0.2, 0) is 10.4 Å². The number of nitrogens with one attached hydrogen (secondary N) is 1. The van der Waals surface area contributed by atoms with Crippen LogP contribution in [0.5, 0.6) is 5.75 Å². The molecule has 3 aliphatic rings. The van der Waals surface area contributed by atoms with Gasteiger partial charge in [0.05, 0.1) is 17.7 Å². The van der Waals surface area contributed by atoms with Gasteiger partial charge in [-0.15, -0.1) is 0 Å². The Morgan fingerprint density at radius 2 is 1.88 bits per heavy atom. The van der Waals surface area contributed by atoms with E-state index < -0.39 is 23.2 Å². The summed E-state index contributed by atoms with van der Waals surface area (Å²) in [5, 5.41) is 14.1. The summed E-state index contributed by atoms with van der Waals surface area (Å²) in [5.74, 6) is -1.14. The average Bonchev–Trinajstić information content (AvgIpc) is 3.88. The first-order valence-electron chi connectivity index (χ1n) is 13.9. The summed E-state index contributed by atoms with van der Waals surface area (Å²) < 4.78 is 47.2. The number of methoxy groups -OCH3 is 1. The first kappa shape index (κ1) is 29.5. The van der Waals surface area contributed by atoms with Gasteiger partial charge in [-0.3, -0.25) is 9.59 Å². The predicted octanol–water partition coefficient (Wildman–Crippen LogP) is 5.15. The highest BCUT2D eigenvalue weighted by Gasteiger charge is 2.62. The number of alkyl halides is 3. The lowest BCUT2D eigenvalue weighted by Crippen LogP contribution is -2.55. The molecule has 0 bridgehead atoms. The first-order valence-corrected chi connectivity index (χ1v) is 14.3. The quantitative estimate of drug-likeness (QED) is 0.421. The number of hydrogen-bond acceptors (Lipinski definition) is 5. The summed E-state index contributed by atoms with van der Waals surface area (Å²) in [7, 11) is 2.60. The highest BCUT2D eigenvalue weighted by atomic mass is 35.5. The number of anilines is 1. The highest BCUT2D eigenvalue weighted by molar-refractivity contribution is 6.34. The highest BCUT2D eigenvalue weighted by Crippen LogP contribution is 2.61. The minimum Gasteiger partial charge on any atom is -0.497 e. The zero-order valence-corrected chi connectivity index (χ0v) is 23.9. The number of halogens is 4. The smallest absolute Gasteiger partial charge is 0.430 e.